The Morgan fingerprint density at radius 3 is 2.74 bits per heavy atom. The van der Waals surface area contributed by atoms with E-state index < -0.39 is 0 Å². The van der Waals surface area contributed by atoms with Crippen molar-refractivity contribution in [3.8, 4) is 0 Å². The minimum Gasteiger partial charge on any atom is -0.343 e. The second-order valence-corrected chi connectivity index (χ2v) is 7.40. The molecule has 2 unspecified atom stereocenters. The van der Waals surface area contributed by atoms with Crippen molar-refractivity contribution >= 4 is 5.91 Å². The monoisotopic (exact) mass is 266 g/mol. The van der Waals surface area contributed by atoms with Crippen molar-refractivity contribution in [1.82, 2.24) is 4.90 Å². The molecule has 1 aliphatic carbocycles. The smallest absolute Gasteiger partial charge is 0.222 e. The Kier molecular flexibility index (Phi) is 4.88. The van der Waals surface area contributed by atoms with E-state index in [1.807, 2.05) is 0 Å². The fourth-order valence-corrected chi connectivity index (χ4v) is 3.57. The summed E-state index contributed by atoms with van der Waals surface area (Å²) in [6.45, 7) is 6.55. The van der Waals surface area contributed by atoms with Gasteiger partial charge in [0, 0.05) is 25.6 Å². The van der Waals surface area contributed by atoms with E-state index in [4.69, 9.17) is 5.73 Å². The summed E-state index contributed by atoms with van der Waals surface area (Å²) in [6, 6.07) is 0.328. The number of hydrogen-bond donors (Lipinski definition) is 1. The number of nitrogens with two attached hydrogens (primary N) is 1. The molecule has 1 amide bonds. The Labute approximate surface area is 117 Å². The SMILES string of the molecule is CC1(C)CCCN(C(=O)CC2CCCC(N)C2)CC1. The molecule has 110 valence electrons. The lowest BCUT2D eigenvalue weighted by Crippen LogP contribution is -2.36. The molecule has 2 atom stereocenters. The van der Waals surface area contributed by atoms with Crippen molar-refractivity contribution in [2.24, 2.45) is 17.1 Å². The standard InChI is InChI=1S/C16H30N2O/c1-16(2)7-4-9-18(10-8-16)15(19)12-13-5-3-6-14(17)11-13/h13-14H,3-12,17H2,1-2H3. The zero-order valence-electron chi connectivity index (χ0n) is 12.7. The molecule has 0 aromatic rings. The number of carbonyl (C=O) groups excluding carboxylic acids is 1. The van der Waals surface area contributed by atoms with Crippen LogP contribution in [0.1, 0.15) is 65.2 Å². The molecule has 2 N–H and O–H groups in total. The summed E-state index contributed by atoms with van der Waals surface area (Å²) in [5.74, 6) is 0.907. The van der Waals surface area contributed by atoms with Gasteiger partial charge in [-0.2, -0.15) is 0 Å². The molecular formula is C16H30N2O. The first-order chi connectivity index (χ1) is 8.96. The molecule has 2 aliphatic rings. The first-order valence-corrected chi connectivity index (χ1v) is 8.00. The van der Waals surface area contributed by atoms with Crippen LogP contribution in [0.3, 0.4) is 0 Å². The maximum Gasteiger partial charge on any atom is 0.222 e. The van der Waals surface area contributed by atoms with Gasteiger partial charge in [0.1, 0.15) is 0 Å². The molecule has 3 heteroatoms. The van der Waals surface area contributed by atoms with E-state index in [0.29, 0.717) is 23.3 Å². The summed E-state index contributed by atoms with van der Waals surface area (Å²) in [4.78, 5) is 14.5. The van der Waals surface area contributed by atoms with E-state index in [1.54, 1.807) is 0 Å². The van der Waals surface area contributed by atoms with E-state index in [0.717, 1.165) is 45.2 Å². The predicted molar refractivity (Wildman–Crippen MR) is 78.8 cm³/mol. The summed E-state index contributed by atoms with van der Waals surface area (Å²) in [5.41, 5.74) is 6.42. The maximum absolute atomic E-state index is 12.4. The molecule has 19 heavy (non-hydrogen) atoms. The molecule has 0 aromatic carbocycles. The Morgan fingerprint density at radius 1 is 1.21 bits per heavy atom. The normalized spacial score (nSPS) is 31.8. The topological polar surface area (TPSA) is 46.3 Å². The van der Waals surface area contributed by atoms with Gasteiger partial charge in [0.2, 0.25) is 5.91 Å². The van der Waals surface area contributed by atoms with E-state index in [-0.39, 0.29) is 0 Å². The van der Waals surface area contributed by atoms with E-state index in [1.165, 1.54) is 19.3 Å². The van der Waals surface area contributed by atoms with Crippen LogP contribution < -0.4 is 5.73 Å². The zero-order valence-corrected chi connectivity index (χ0v) is 12.7. The molecule has 3 nitrogen and oxygen atoms in total. The second kappa shape index (κ2) is 6.25. The number of likely N-dealkylation sites (tertiary alicyclic amines) is 1. The van der Waals surface area contributed by atoms with Crippen LogP contribution in [0.25, 0.3) is 0 Å². The van der Waals surface area contributed by atoms with Crippen molar-refractivity contribution in [3.05, 3.63) is 0 Å². The maximum atomic E-state index is 12.4. The summed E-state index contributed by atoms with van der Waals surface area (Å²) in [5, 5.41) is 0. The number of carbonyl (C=O) groups is 1. The Hall–Kier alpha value is -0.570. The number of nitrogens with zero attached hydrogens (tertiary/aromatic N) is 1. The van der Waals surface area contributed by atoms with Gasteiger partial charge in [0.15, 0.2) is 0 Å². The Balaban J connectivity index is 1.82. The van der Waals surface area contributed by atoms with Crippen LogP contribution in [0.15, 0.2) is 0 Å². The predicted octanol–water partition coefficient (Wildman–Crippen LogP) is 2.93. The van der Waals surface area contributed by atoms with Gasteiger partial charge in [0.25, 0.3) is 0 Å². The van der Waals surface area contributed by atoms with Gasteiger partial charge < -0.3 is 10.6 Å². The van der Waals surface area contributed by atoms with Crippen molar-refractivity contribution < 1.29 is 4.79 Å². The van der Waals surface area contributed by atoms with Crippen molar-refractivity contribution in [2.75, 3.05) is 13.1 Å². The molecule has 2 fully saturated rings. The van der Waals surface area contributed by atoms with Crippen LogP contribution in [0.4, 0.5) is 0 Å². The van der Waals surface area contributed by atoms with Gasteiger partial charge in [-0.25, -0.2) is 0 Å². The van der Waals surface area contributed by atoms with Gasteiger partial charge in [-0.15, -0.1) is 0 Å². The van der Waals surface area contributed by atoms with E-state index in [9.17, 15) is 4.79 Å². The zero-order chi connectivity index (χ0) is 13.9. The lowest BCUT2D eigenvalue weighted by Gasteiger charge is -2.29. The number of amides is 1. The van der Waals surface area contributed by atoms with Gasteiger partial charge in [0.05, 0.1) is 0 Å². The molecule has 0 spiro atoms. The molecule has 0 bridgehead atoms. The molecular weight excluding hydrogens is 236 g/mol. The molecule has 1 aliphatic heterocycles. The minimum atomic E-state index is 0.328. The first-order valence-electron chi connectivity index (χ1n) is 8.00. The third kappa shape index (κ3) is 4.48. The quantitative estimate of drug-likeness (QED) is 0.835. The van der Waals surface area contributed by atoms with Gasteiger partial charge >= 0.3 is 0 Å². The van der Waals surface area contributed by atoms with E-state index in [2.05, 4.69) is 18.7 Å². The minimum absolute atomic E-state index is 0.328. The van der Waals surface area contributed by atoms with Gasteiger partial charge in [-0.3, -0.25) is 4.79 Å². The molecule has 1 saturated heterocycles. The number of hydrogen-bond acceptors (Lipinski definition) is 2. The first kappa shape index (κ1) is 14.8. The number of rotatable bonds is 2. The Bertz CT molecular complexity index is 314. The summed E-state index contributed by atoms with van der Waals surface area (Å²) in [7, 11) is 0. The average molecular weight is 266 g/mol. The van der Waals surface area contributed by atoms with Crippen molar-refractivity contribution in [1.29, 1.82) is 0 Å². The van der Waals surface area contributed by atoms with Crippen molar-refractivity contribution in [3.63, 3.8) is 0 Å². The van der Waals surface area contributed by atoms with Crippen molar-refractivity contribution in [2.45, 2.75) is 71.3 Å². The summed E-state index contributed by atoms with van der Waals surface area (Å²) >= 11 is 0. The summed E-state index contributed by atoms with van der Waals surface area (Å²) < 4.78 is 0. The van der Waals surface area contributed by atoms with Crippen LogP contribution in [0, 0.1) is 11.3 Å². The van der Waals surface area contributed by atoms with E-state index >= 15 is 0 Å². The lowest BCUT2D eigenvalue weighted by atomic mass is 9.84. The highest BCUT2D eigenvalue weighted by Crippen LogP contribution is 2.31. The van der Waals surface area contributed by atoms with Gasteiger partial charge in [-0.05, 0) is 49.9 Å². The third-order valence-electron chi connectivity index (χ3n) is 4.98. The fourth-order valence-electron chi connectivity index (χ4n) is 3.57. The van der Waals surface area contributed by atoms with Crippen LogP contribution in [0.2, 0.25) is 0 Å². The molecule has 2 rings (SSSR count). The van der Waals surface area contributed by atoms with Crippen LogP contribution in [0.5, 0.6) is 0 Å². The lowest BCUT2D eigenvalue weighted by molar-refractivity contribution is -0.132. The van der Waals surface area contributed by atoms with Crippen LogP contribution in [-0.2, 0) is 4.79 Å². The summed E-state index contributed by atoms with van der Waals surface area (Å²) in [6.07, 6.45) is 8.85. The van der Waals surface area contributed by atoms with Crippen LogP contribution >= 0.6 is 0 Å². The van der Waals surface area contributed by atoms with Gasteiger partial charge in [-0.1, -0.05) is 20.3 Å². The molecule has 0 aromatic heterocycles. The van der Waals surface area contributed by atoms with Crippen LogP contribution in [-0.4, -0.2) is 29.9 Å². The Morgan fingerprint density at radius 2 is 2.00 bits per heavy atom. The fraction of sp³-hybridized carbons (Fsp3) is 0.938. The second-order valence-electron chi connectivity index (χ2n) is 7.40. The molecule has 1 saturated carbocycles. The largest absolute Gasteiger partial charge is 0.343 e. The highest BCUT2D eigenvalue weighted by atomic mass is 16.2. The molecule has 0 radical (unpaired) electrons. The average Bonchev–Trinajstić information content (AvgIpc) is 2.50. The highest BCUT2D eigenvalue weighted by Gasteiger charge is 2.28. The molecule has 1 heterocycles. The highest BCUT2D eigenvalue weighted by molar-refractivity contribution is 5.76. The third-order valence-corrected chi connectivity index (χ3v) is 4.98.